The first kappa shape index (κ1) is 11.7. The summed E-state index contributed by atoms with van der Waals surface area (Å²) in [7, 11) is 0. The molecular weight excluding hydrogens is 210 g/mol. The lowest BCUT2D eigenvalue weighted by molar-refractivity contribution is -0.226. The van der Waals surface area contributed by atoms with Crippen molar-refractivity contribution in [2.24, 2.45) is 4.99 Å². The summed E-state index contributed by atoms with van der Waals surface area (Å²) in [6, 6.07) is 0. The summed E-state index contributed by atoms with van der Waals surface area (Å²) >= 11 is 4.31. The highest BCUT2D eigenvalue weighted by Gasteiger charge is 2.43. The molecule has 0 amide bonds. The number of thiocarbonyl (C=S) groups is 1. The number of aliphatic imine (C=N–C) groups is 1. The normalized spacial score (nSPS) is 43.0. The van der Waals surface area contributed by atoms with E-state index in [-0.39, 0.29) is 0 Å². The van der Waals surface area contributed by atoms with E-state index in [4.69, 9.17) is 9.84 Å². The Morgan fingerprint density at radius 2 is 1.86 bits per heavy atom. The van der Waals surface area contributed by atoms with Crippen molar-refractivity contribution in [3.05, 3.63) is 0 Å². The summed E-state index contributed by atoms with van der Waals surface area (Å²) < 4.78 is 4.97. The largest absolute Gasteiger partial charge is 0.394 e. The van der Waals surface area contributed by atoms with Crippen LogP contribution in [0.3, 0.4) is 0 Å². The molecular formula is C7H11NO5S. The van der Waals surface area contributed by atoms with Gasteiger partial charge in [0.1, 0.15) is 24.4 Å². The molecule has 1 rings (SSSR count). The van der Waals surface area contributed by atoms with Crippen molar-refractivity contribution in [3.63, 3.8) is 0 Å². The van der Waals surface area contributed by atoms with E-state index in [0.29, 0.717) is 0 Å². The first-order valence-corrected chi connectivity index (χ1v) is 4.40. The van der Waals surface area contributed by atoms with E-state index in [1.54, 1.807) is 0 Å². The number of aliphatic hydroxyl groups excluding tert-OH is 4. The van der Waals surface area contributed by atoms with Gasteiger partial charge in [0.2, 0.25) is 0 Å². The number of nitrogens with zero attached hydrogens (tertiary/aromatic N) is 1. The van der Waals surface area contributed by atoms with Crippen molar-refractivity contribution in [2.75, 3.05) is 6.61 Å². The van der Waals surface area contributed by atoms with E-state index in [1.807, 2.05) is 5.16 Å². The number of rotatable bonds is 2. The first-order valence-electron chi connectivity index (χ1n) is 3.99. The summed E-state index contributed by atoms with van der Waals surface area (Å²) in [5.74, 6) is 0. The zero-order chi connectivity index (χ0) is 10.7. The Morgan fingerprint density at radius 1 is 1.21 bits per heavy atom. The van der Waals surface area contributed by atoms with E-state index < -0.39 is 37.3 Å². The highest BCUT2D eigenvalue weighted by Crippen LogP contribution is 2.21. The molecule has 5 atom stereocenters. The molecule has 0 aromatic carbocycles. The second-order valence-electron chi connectivity index (χ2n) is 2.94. The minimum Gasteiger partial charge on any atom is -0.394 e. The van der Waals surface area contributed by atoms with E-state index in [2.05, 4.69) is 17.2 Å². The van der Waals surface area contributed by atoms with E-state index in [9.17, 15) is 15.3 Å². The van der Waals surface area contributed by atoms with Crippen LogP contribution in [0, 0.1) is 0 Å². The third kappa shape index (κ3) is 2.15. The maximum absolute atomic E-state index is 9.36. The average Bonchev–Trinajstić information content (AvgIpc) is 2.19. The molecule has 80 valence electrons. The molecule has 14 heavy (non-hydrogen) atoms. The van der Waals surface area contributed by atoms with Crippen molar-refractivity contribution in [1.29, 1.82) is 0 Å². The molecule has 4 N–H and O–H groups in total. The molecule has 3 unspecified atom stereocenters. The van der Waals surface area contributed by atoms with Gasteiger partial charge in [0.25, 0.3) is 0 Å². The Kier molecular flexibility index (Phi) is 4.09. The monoisotopic (exact) mass is 221 g/mol. The molecule has 0 aromatic rings. The molecule has 0 aromatic heterocycles. The van der Waals surface area contributed by atoms with Crippen LogP contribution in [0.5, 0.6) is 0 Å². The predicted octanol–water partition coefficient (Wildman–Crippen LogP) is -2.11. The van der Waals surface area contributed by atoms with Gasteiger partial charge in [-0.1, -0.05) is 0 Å². The molecule has 0 bridgehead atoms. The highest BCUT2D eigenvalue weighted by molar-refractivity contribution is 7.78. The fourth-order valence-electron chi connectivity index (χ4n) is 1.24. The average molecular weight is 221 g/mol. The Morgan fingerprint density at radius 3 is 2.36 bits per heavy atom. The topological polar surface area (TPSA) is 103 Å². The number of hydrogen-bond donors (Lipinski definition) is 4. The van der Waals surface area contributed by atoms with Crippen LogP contribution in [-0.2, 0) is 4.74 Å². The Bertz CT molecular complexity index is 242. The molecule has 0 saturated carbocycles. The summed E-state index contributed by atoms with van der Waals surface area (Å²) in [5, 5.41) is 38.8. The summed E-state index contributed by atoms with van der Waals surface area (Å²) in [4.78, 5) is 3.46. The molecule has 1 aliphatic rings. The zero-order valence-corrected chi connectivity index (χ0v) is 7.96. The van der Waals surface area contributed by atoms with Gasteiger partial charge in [0, 0.05) is 0 Å². The Labute approximate surface area is 85.5 Å². The van der Waals surface area contributed by atoms with Gasteiger partial charge in [-0.2, -0.15) is 4.99 Å². The van der Waals surface area contributed by atoms with Crippen LogP contribution in [0.25, 0.3) is 0 Å². The minimum absolute atomic E-state index is 0.478. The minimum atomic E-state index is -1.42. The SMILES string of the molecule is OCC1O[C@@H](N=C=S)C(O)C(O)[C@@H]1O. The Hall–Kier alpha value is -0.400. The number of isothiocyanates is 1. The van der Waals surface area contributed by atoms with Gasteiger partial charge in [-0.3, -0.25) is 0 Å². The third-order valence-electron chi connectivity index (χ3n) is 2.05. The van der Waals surface area contributed by atoms with Crippen molar-refractivity contribution in [2.45, 2.75) is 30.6 Å². The van der Waals surface area contributed by atoms with Crippen molar-refractivity contribution in [1.82, 2.24) is 0 Å². The van der Waals surface area contributed by atoms with Gasteiger partial charge in [0.15, 0.2) is 6.23 Å². The number of aliphatic hydroxyl groups is 4. The maximum Gasteiger partial charge on any atom is 0.186 e. The van der Waals surface area contributed by atoms with Crippen LogP contribution in [0.4, 0.5) is 0 Å². The molecule has 1 aliphatic heterocycles. The molecule has 1 heterocycles. The molecule has 1 saturated heterocycles. The van der Waals surface area contributed by atoms with Crippen LogP contribution in [0.1, 0.15) is 0 Å². The molecule has 0 radical (unpaired) electrons. The molecule has 6 nitrogen and oxygen atoms in total. The first-order chi connectivity index (χ1) is 6.61. The van der Waals surface area contributed by atoms with Crippen molar-refractivity contribution < 1.29 is 25.2 Å². The Balaban J connectivity index is 2.77. The quantitative estimate of drug-likeness (QED) is 0.314. The van der Waals surface area contributed by atoms with Crippen molar-refractivity contribution in [3.8, 4) is 0 Å². The zero-order valence-electron chi connectivity index (χ0n) is 7.15. The van der Waals surface area contributed by atoms with Crippen LogP contribution in [0.15, 0.2) is 4.99 Å². The van der Waals surface area contributed by atoms with Gasteiger partial charge in [-0.05, 0) is 12.2 Å². The fourth-order valence-corrected chi connectivity index (χ4v) is 1.34. The maximum atomic E-state index is 9.36. The van der Waals surface area contributed by atoms with Crippen LogP contribution < -0.4 is 0 Å². The van der Waals surface area contributed by atoms with Crippen LogP contribution in [-0.4, -0.2) is 62.8 Å². The molecule has 0 spiro atoms. The van der Waals surface area contributed by atoms with Crippen molar-refractivity contribution >= 4 is 17.4 Å². The molecule has 1 fully saturated rings. The summed E-state index contributed by atoms with van der Waals surface area (Å²) in [6.07, 6.45) is -6.21. The molecule has 7 heteroatoms. The second kappa shape index (κ2) is 4.90. The van der Waals surface area contributed by atoms with E-state index in [1.165, 1.54) is 0 Å². The van der Waals surface area contributed by atoms with E-state index in [0.717, 1.165) is 0 Å². The highest BCUT2D eigenvalue weighted by atomic mass is 32.1. The van der Waals surface area contributed by atoms with Gasteiger partial charge in [-0.25, -0.2) is 0 Å². The van der Waals surface area contributed by atoms with Crippen LogP contribution in [0.2, 0.25) is 0 Å². The number of hydrogen-bond acceptors (Lipinski definition) is 7. The molecule has 0 aliphatic carbocycles. The lowest BCUT2D eigenvalue weighted by Gasteiger charge is -2.37. The lowest BCUT2D eigenvalue weighted by Crippen LogP contribution is -2.57. The second-order valence-corrected chi connectivity index (χ2v) is 3.12. The van der Waals surface area contributed by atoms with Crippen LogP contribution >= 0.6 is 12.2 Å². The van der Waals surface area contributed by atoms with Gasteiger partial charge >= 0.3 is 0 Å². The smallest absolute Gasteiger partial charge is 0.186 e. The van der Waals surface area contributed by atoms with Gasteiger partial charge in [0.05, 0.1) is 11.8 Å². The number of ether oxygens (including phenoxy) is 1. The van der Waals surface area contributed by atoms with Gasteiger partial charge < -0.3 is 25.2 Å². The lowest BCUT2D eigenvalue weighted by atomic mass is 9.99. The standard InChI is InChI=1S/C7H11NO5S/c9-1-3-4(10)5(11)6(12)7(13-3)8-2-14/h3-7,9-12H,1H2/t3?,4-,5?,6?,7-/m1/s1. The predicted molar refractivity (Wildman–Crippen MR) is 48.8 cm³/mol. The van der Waals surface area contributed by atoms with Gasteiger partial charge in [-0.15, -0.1) is 0 Å². The fraction of sp³-hybridized carbons (Fsp3) is 0.857. The summed E-state index contributed by atoms with van der Waals surface area (Å²) in [5.41, 5.74) is 0. The summed E-state index contributed by atoms with van der Waals surface area (Å²) in [6.45, 7) is -0.478. The third-order valence-corrected chi connectivity index (χ3v) is 2.15. The van der Waals surface area contributed by atoms with E-state index >= 15 is 0 Å².